The number of likely N-dealkylation sites (N-methyl/N-ethyl adjacent to an activating group) is 1. The predicted molar refractivity (Wildman–Crippen MR) is 93.1 cm³/mol. The van der Waals surface area contributed by atoms with Gasteiger partial charge in [0.15, 0.2) is 0 Å². The van der Waals surface area contributed by atoms with Crippen LogP contribution in [0.5, 0.6) is 5.75 Å². The van der Waals surface area contributed by atoms with Gasteiger partial charge in [-0.1, -0.05) is 0 Å². The minimum atomic E-state index is -0.152. The van der Waals surface area contributed by atoms with Crippen molar-refractivity contribution in [1.82, 2.24) is 14.7 Å². The van der Waals surface area contributed by atoms with Crippen molar-refractivity contribution in [3.8, 4) is 5.75 Å². The van der Waals surface area contributed by atoms with Gasteiger partial charge in [-0.05, 0) is 18.2 Å². The summed E-state index contributed by atoms with van der Waals surface area (Å²) in [4.78, 5) is 28.6. The van der Waals surface area contributed by atoms with Crippen LogP contribution in [-0.2, 0) is 20.0 Å². The normalized spacial score (nSPS) is 16.1. The molecule has 3 heterocycles. The van der Waals surface area contributed by atoms with Gasteiger partial charge in [0, 0.05) is 50.8 Å². The van der Waals surface area contributed by atoms with E-state index < -0.39 is 0 Å². The standard InChI is InChI=1S/C18H20N4O3/c1-20-7-8-25-16-4-3-12(9-15(16)20)18(24)22-6-5-14-13(11-22)10-17(23)21(2)19-14/h3-4,9-10H,5-8,11H2,1-2H3. The van der Waals surface area contributed by atoms with E-state index in [0.29, 0.717) is 31.7 Å². The van der Waals surface area contributed by atoms with Crippen LogP contribution in [0.4, 0.5) is 5.69 Å². The lowest BCUT2D eigenvalue weighted by Crippen LogP contribution is -2.38. The highest BCUT2D eigenvalue weighted by Gasteiger charge is 2.25. The Morgan fingerprint density at radius 3 is 2.88 bits per heavy atom. The zero-order valence-electron chi connectivity index (χ0n) is 14.4. The second-order valence-corrected chi connectivity index (χ2v) is 6.51. The van der Waals surface area contributed by atoms with E-state index in [1.165, 1.54) is 4.68 Å². The summed E-state index contributed by atoms with van der Waals surface area (Å²) in [6.07, 6.45) is 0.656. The topological polar surface area (TPSA) is 67.7 Å². The Bertz CT molecular complexity index is 906. The second-order valence-electron chi connectivity index (χ2n) is 6.51. The van der Waals surface area contributed by atoms with Crippen molar-refractivity contribution in [2.24, 2.45) is 7.05 Å². The van der Waals surface area contributed by atoms with Crippen LogP contribution in [0.1, 0.15) is 21.6 Å². The smallest absolute Gasteiger partial charge is 0.266 e. The highest BCUT2D eigenvalue weighted by Crippen LogP contribution is 2.32. The molecule has 4 rings (SSSR count). The molecule has 0 atom stereocenters. The number of hydrogen-bond acceptors (Lipinski definition) is 5. The molecule has 0 saturated heterocycles. The summed E-state index contributed by atoms with van der Waals surface area (Å²) in [5, 5.41) is 4.29. The van der Waals surface area contributed by atoms with Gasteiger partial charge in [0.05, 0.1) is 17.9 Å². The molecule has 130 valence electrons. The maximum Gasteiger partial charge on any atom is 0.266 e. The van der Waals surface area contributed by atoms with Crippen LogP contribution in [0.15, 0.2) is 29.1 Å². The Balaban J connectivity index is 1.60. The summed E-state index contributed by atoms with van der Waals surface area (Å²) in [6.45, 7) is 2.47. The van der Waals surface area contributed by atoms with Crippen LogP contribution in [-0.4, -0.2) is 47.3 Å². The number of aromatic nitrogens is 2. The zero-order chi connectivity index (χ0) is 17.6. The first-order chi connectivity index (χ1) is 12.0. The average molecular weight is 340 g/mol. The molecule has 0 bridgehead atoms. The zero-order valence-corrected chi connectivity index (χ0v) is 14.4. The van der Waals surface area contributed by atoms with Crippen molar-refractivity contribution in [1.29, 1.82) is 0 Å². The molecule has 25 heavy (non-hydrogen) atoms. The Labute approximate surface area is 145 Å². The summed E-state index contributed by atoms with van der Waals surface area (Å²) in [7, 11) is 3.64. The molecule has 0 aliphatic carbocycles. The number of amides is 1. The van der Waals surface area contributed by atoms with Crippen molar-refractivity contribution in [2.75, 3.05) is 31.6 Å². The number of fused-ring (bicyclic) bond motifs is 2. The fraction of sp³-hybridized carbons (Fsp3) is 0.389. The first kappa shape index (κ1) is 15.7. The van der Waals surface area contributed by atoms with E-state index in [0.717, 1.165) is 29.2 Å². The first-order valence-corrected chi connectivity index (χ1v) is 8.36. The van der Waals surface area contributed by atoms with Crippen LogP contribution in [0, 0.1) is 0 Å². The molecular formula is C18H20N4O3. The van der Waals surface area contributed by atoms with E-state index in [4.69, 9.17) is 4.74 Å². The van der Waals surface area contributed by atoms with E-state index in [-0.39, 0.29) is 11.5 Å². The minimum Gasteiger partial charge on any atom is -0.490 e. The van der Waals surface area contributed by atoms with E-state index in [9.17, 15) is 9.59 Å². The largest absolute Gasteiger partial charge is 0.490 e. The van der Waals surface area contributed by atoms with Gasteiger partial charge in [-0.3, -0.25) is 9.59 Å². The lowest BCUT2D eigenvalue weighted by atomic mass is 10.0. The lowest BCUT2D eigenvalue weighted by molar-refractivity contribution is 0.0732. The van der Waals surface area contributed by atoms with Crippen molar-refractivity contribution < 1.29 is 9.53 Å². The molecule has 7 nitrogen and oxygen atoms in total. The molecule has 0 unspecified atom stereocenters. The van der Waals surface area contributed by atoms with Crippen molar-refractivity contribution in [3.63, 3.8) is 0 Å². The van der Waals surface area contributed by atoms with E-state index >= 15 is 0 Å². The molecule has 1 aromatic carbocycles. The fourth-order valence-corrected chi connectivity index (χ4v) is 3.33. The average Bonchev–Trinajstić information content (AvgIpc) is 2.62. The van der Waals surface area contributed by atoms with Crippen LogP contribution in [0.3, 0.4) is 0 Å². The molecule has 2 aliphatic heterocycles. The highest BCUT2D eigenvalue weighted by molar-refractivity contribution is 5.96. The third kappa shape index (κ3) is 2.75. The van der Waals surface area contributed by atoms with Crippen molar-refractivity contribution in [2.45, 2.75) is 13.0 Å². The number of ether oxygens (including phenoxy) is 1. The van der Waals surface area contributed by atoms with Crippen LogP contribution in [0.2, 0.25) is 0 Å². The number of aryl methyl sites for hydroxylation is 1. The summed E-state index contributed by atoms with van der Waals surface area (Å²) < 4.78 is 6.98. The molecule has 1 aromatic heterocycles. The minimum absolute atomic E-state index is 0.0342. The maximum absolute atomic E-state index is 12.9. The fourth-order valence-electron chi connectivity index (χ4n) is 3.33. The number of benzene rings is 1. The lowest BCUT2D eigenvalue weighted by Gasteiger charge is -2.30. The SMILES string of the molecule is CN1CCOc2ccc(C(=O)N3CCc4nn(C)c(=O)cc4C3)cc21. The van der Waals surface area contributed by atoms with Gasteiger partial charge in [-0.2, -0.15) is 5.10 Å². The molecule has 7 heteroatoms. The quantitative estimate of drug-likeness (QED) is 0.768. The van der Waals surface area contributed by atoms with Gasteiger partial charge in [0.2, 0.25) is 0 Å². The number of carbonyl (C=O) groups excluding carboxylic acids is 1. The van der Waals surface area contributed by atoms with Gasteiger partial charge in [-0.25, -0.2) is 4.68 Å². The number of carbonyl (C=O) groups is 1. The Morgan fingerprint density at radius 1 is 1.20 bits per heavy atom. The maximum atomic E-state index is 12.9. The Kier molecular flexibility index (Phi) is 3.71. The Morgan fingerprint density at radius 2 is 2.04 bits per heavy atom. The summed E-state index contributed by atoms with van der Waals surface area (Å²) in [5.41, 5.74) is 3.15. The first-order valence-electron chi connectivity index (χ1n) is 8.36. The molecule has 2 aromatic rings. The van der Waals surface area contributed by atoms with Crippen molar-refractivity contribution in [3.05, 3.63) is 51.4 Å². The van der Waals surface area contributed by atoms with Gasteiger partial charge in [-0.15, -0.1) is 0 Å². The number of anilines is 1. The van der Waals surface area contributed by atoms with E-state index in [1.807, 2.05) is 19.2 Å². The molecule has 0 saturated carbocycles. The number of hydrogen-bond donors (Lipinski definition) is 0. The summed E-state index contributed by atoms with van der Waals surface area (Å²) in [6, 6.07) is 7.12. The van der Waals surface area contributed by atoms with Gasteiger partial charge >= 0.3 is 0 Å². The van der Waals surface area contributed by atoms with Gasteiger partial charge in [0.1, 0.15) is 12.4 Å². The molecular weight excluding hydrogens is 320 g/mol. The predicted octanol–water partition coefficient (Wildman–Crippen LogP) is 0.807. The molecule has 0 N–H and O–H groups in total. The Hall–Kier alpha value is -2.83. The molecule has 0 fully saturated rings. The number of rotatable bonds is 1. The van der Waals surface area contributed by atoms with Crippen LogP contribution >= 0.6 is 0 Å². The third-order valence-corrected chi connectivity index (χ3v) is 4.83. The molecule has 0 radical (unpaired) electrons. The van der Waals surface area contributed by atoms with Crippen molar-refractivity contribution >= 4 is 11.6 Å². The van der Waals surface area contributed by atoms with Gasteiger partial charge < -0.3 is 14.5 Å². The van der Waals surface area contributed by atoms with Crippen LogP contribution in [0.25, 0.3) is 0 Å². The molecule has 2 aliphatic rings. The summed E-state index contributed by atoms with van der Waals surface area (Å²) >= 11 is 0. The van der Waals surface area contributed by atoms with Gasteiger partial charge in [0.25, 0.3) is 11.5 Å². The third-order valence-electron chi connectivity index (χ3n) is 4.83. The van der Waals surface area contributed by atoms with E-state index in [1.54, 1.807) is 24.1 Å². The second kappa shape index (κ2) is 5.91. The number of nitrogens with zero attached hydrogens (tertiary/aromatic N) is 4. The molecule has 1 amide bonds. The summed E-state index contributed by atoms with van der Waals surface area (Å²) in [5.74, 6) is 0.773. The van der Waals surface area contributed by atoms with E-state index in [2.05, 4.69) is 10.00 Å². The monoisotopic (exact) mass is 340 g/mol. The van der Waals surface area contributed by atoms with Crippen LogP contribution < -0.4 is 15.2 Å². The highest BCUT2D eigenvalue weighted by atomic mass is 16.5. The molecule has 0 spiro atoms.